The average molecular weight is 474 g/mol. The molecule has 7 nitrogen and oxygen atoms in total. The van der Waals surface area contributed by atoms with Gasteiger partial charge in [-0.1, -0.05) is 35.0 Å². The Labute approximate surface area is 184 Å². The standard InChI is InChI=1S/C22H24BrN3O4/c1-2-21(28)25-11-13-26(14-12-25)22(29)18-5-3-4-6-19(18)30-15-20(27)24-17-9-7-16(23)8-10-17/h3-10H,2,11-15H2,1H3,(H,24,27). The molecule has 0 atom stereocenters. The van der Waals surface area contributed by atoms with Crippen LogP contribution in [0.3, 0.4) is 0 Å². The van der Waals surface area contributed by atoms with E-state index in [0.29, 0.717) is 49.6 Å². The number of amides is 3. The number of benzene rings is 2. The van der Waals surface area contributed by atoms with Gasteiger partial charge in [0.05, 0.1) is 5.56 Å². The van der Waals surface area contributed by atoms with E-state index in [1.165, 1.54) is 0 Å². The quantitative estimate of drug-likeness (QED) is 0.698. The van der Waals surface area contributed by atoms with Crippen LogP contribution in [0.25, 0.3) is 0 Å². The summed E-state index contributed by atoms with van der Waals surface area (Å²) in [5.41, 5.74) is 1.07. The van der Waals surface area contributed by atoms with E-state index in [2.05, 4.69) is 21.2 Å². The highest BCUT2D eigenvalue weighted by molar-refractivity contribution is 9.10. The van der Waals surface area contributed by atoms with Gasteiger partial charge in [-0.15, -0.1) is 0 Å². The molecule has 0 saturated carbocycles. The van der Waals surface area contributed by atoms with Crippen LogP contribution < -0.4 is 10.1 Å². The fraction of sp³-hybridized carbons (Fsp3) is 0.318. The van der Waals surface area contributed by atoms with Crippen LogP contribution >= 0.6 is 15.9 Å². The molecule has 0 bridgehead atoms. The highest BCUT2D eigenvalue weighted by atomic mass is 79.9. The van der Waals surface area contributed by atoms with Gasteiger partial charge in [-0.2, -0.15) is 0 Å². The Morgan fingerprint density at radius 2 is 1.60 bits per heavy atom. The van der Waals surface area contributed by atoms with Crippen molar-refractivity contribution in [2.75, 3.05) is 38.1 Å². The van der Waals surface area contributed by atoms with Gasteiger partial charge < -0.3 is 19.9 Å². The Kier molecular flexibility index (Phi) is 7.46. The van der Waals surface area contributed by atoms with Gasteiger partial charge in [0.25, 0.3) is 11.8 Å². The summed E-state index contributed by atoms with van der Waals surface area (Å²) in [6.45, 7) is 3.62. The summed E-state index contributed by atoms with van der Waals surface area (Å²) in [7, 11) is 0. The summed E-state index contributed by atoms with van der Waals surface area (Å²) in [5, 5.41) is 2.75. The molecule has 0 radical (unpaired) electrons. The maximum Gasteiger partial charge on any atom is 0.262 e. The normalized spacial score (nSPS) is 13.7. The number of carbonyl (C=O) groups is 3. The molecule has 1 aliphatic heterocycles. The third-order valence-corrected chi connectivity index (χ3v) is 5.35. The lowest BCUT2D eigenvalue weighted by molar-refractivity contribution is -0.132. The zero-order valence-corrected chi connectivity index (χ0v) is 18.4. The van der Waals surface area contributed by atoms with Gasteiger partial charge in [-0.05, 0) is 36.4 Å². The van der Waals surface area contributed by atoms with Crippen LogP contribution in [0.1, 0.15) is 23.7 Å². The Hall–Kier alpha value is -2.87. The van der Waals surface area contributed by atoms with Crippen molar-refractivity contribution in [3.63, 3.8) is 0 Å². The maximum absolute atomic E-state index is 13.0. The third-order valence-electron chi connectivity index (χ3n) is 4.83. The van der Waals surface area contributed by atoms with Gasteiger partial charge >= 0.3 is 0 Å². The molecule has 1 N–H and O–H groups in total. The number of carbonyl (C=O) groups excluding carboxylic acids is 3. The summed E-state index contributed by atoms with van der Waals surface area (Å²) in [4.78, 5) is 40.5. The molecule has 158 valence electrons. The van der Waals surface area contributed by atoms with E-state index in [0.717, 1.165) is 4.47 Å². The van der Waals surface area contributed by atoms with Gasteiger partial charge in [0, 0.05) is 42.8 Å². The van der Waals surface area contributed by atoms with Crippen molar-refractivity contribution in [3.8, 4) is 5.75 Å². The van der Waals surface area contributed by atoms with Gasteiger partial charge in [0.2, 0.25) is 5.91 Å². The van der Waals surface area contributed by atoms with E-state index < -0.39 is 0 Å². The van der Waals surface area contributed by atoms with Crippen LogP contribution in [0.4, 0.5) is 5.69 Å². The fourth-order valence-electron chi connectivity index (χ4n) is 3.20. The van der Waals surface area contributed by atoms with Crippen LogP contribution in [0.15, 0.2) is 53.0 Å². The monoisotopic (exact) mass is 473 g/mol. The first-order chi connectivity index (χ1) is 14.5. The van der Waals surface area contributed by atoms with Gasteiger partial charge in [-0.25, -0.2) is 0 Å². The van der Waals surface area contributed by atoms with Crippen LogP contribution in [0, 0.1) is 0 Å². The van der Waals surface area contributed by atoms with Crippen LogP contribution in [-0.4, -0.2) is 60.3 Å². The van der Waals surface area contributed by atoms with E-state index in [-0.39, 0.29) is 24.3 Å². The number of ether oxygens (including phenoxy) is 1. The molecule has 0 aromatic heterocycles. The molecule has 2 aromatic carbocycles. The largest absolute Gasteiger partial charge is 0.483 e. The molecule has 1 heterocycles. The minimum atomic E-state index is -0.314. The highest BCUT2D eigenvalue weighted by Gasteiger charge is 2.25. The van der Waals surface area contributed by atoms with Crippen molar-refractivity contribution in [3.05, 3.63) is 58.6 Å². The van der Waals surface area contributed by atoms with E-state index in [4.69, 9.17) is 4.74 Å². The number of hydrogen-bond acceptors (Lipinski definition) is 4. The van der Waals surface area contributed by atoms with Crippen molar-refractivity contribution >= 4 is 39.3 Å². The van der Waals surface area contributed by atoms with Crippen molar-refractivity contribution in [1.29, 1.82) is 0 Å². The second-order valence-corrected chi connectivity index (χ2v) is 7.78. The first kappa shape index (κ1) is 21.8. The molecular formula is C22H24BrN3O4. The van der Waals surface area contributed by atoms with E-state index in [1.807, 2.05) is 19.1 Å². The van der Waals surface area contributed by atoms with Gasteiger partial charge in [-0.3, -0.25) is 14.4 Å². The molecule has 8 heteroatoms. The predicted molar refractivity (Wildman–Crippen MR) is 117 cm³/mol. The Bertz CT molecular complexity index is 909. The van der Waals surface area contributed by atoms with Gasteiger partial charge in [0.15, 0.2) is 6.61 Å². The molecule has 0 spiro atoms. The number of rotatable bonds is 6. The molecular weight excluding hydrogens is 450 g/mol. The predicted octanol–water partition coefficient (Wildman–Crippen LogP) is 3.16. The fourth-order valence-corrected chi connectivity index (χ4v) is 3.46. The minimum absolute atomic E-state index is 0.0996. The number of piperazine rings is 1. The van der Waals surface area contributed by atoms with Crippen molar-refractivity contribution in [2.24, 2.45) is 0 Å². The number of nitrogens with zero attached hydrogens (tertiary/aromatic N) is 2. The van der Waals surface area contributed by atoms with Gasteiger partial charge in [0.1, 0.15) is 5.75 Å². The second-order valence-electron chi connectivity index (χ2n) is 6.87. The molecule has 3 amide bonds. The van der Waals surface area contributed by atoms with Crippen LogP contribution in [0.5, 0.6) is 5.75 Å². The zero-order chi connectivity index (χ0) is 21.5. The lowest BCUT2D eigenvalue weighted by Gasteiger charge is -2.35. The summed E-state index contributed by atoms with van der Waals surface area (Å²) in [5.74, 6) is -0.0167. The number of hydrogen-bond donors (Lipinski definition) is 1. The summed E-state index contributed by atoms with van der Waals surface area (Å²) in [6.07, 6.45) is 0.465. The number of nitrogens with one attached hydrogen (secondary N) is 1. The molecule has 0 unspecified atom stereocenters. The summed E-state index contributed by atoms with van der Waals surface area (Å²) >= 11 is 3.35. The SMILES string of the molecule is CCC(=O)N1CCN(C(=O)c2ccccc2OCC(=O)Nc2ccc(Br)cc2)CC1. The minimum Gasteiger partial charge on any atom is -0.483 e. The van der Waals surface area contributed by atoms with Crippen molar-refractivity contribution in [1.82, 2.24) is 9.80 Å². The number of halogens is 1. The Morgan fingerprint density at radius 1 is 0.967 bits per heavy atom. The number of anilines is 1. The Balaban J connectivity index is 1.59. The average Bonchev–Trinajstić information content (AvgIpc) is 2.78. The maximum atomic E-state index is 13.0. The second kappa shape index (κ2) is 10.2. The smallest absolute Gasteiger partial charge is 0.262 e. The molecule has 2 aromatic rings. The first-order valence-corrected chi connectivity index (χ1v) is 10.6. The van der Waals surface area contributed by atoms with E-state index in [1.54, 1.807) is 46.2 Å². The lowest BCUT2D eigenvalue weighted by atomic mass is 10.1. The summed E-state index contributed by atoms with van der Waals surface area (Å²) in [6, 6.07) is 14.1. The van der Waals surface area contributed by atoms with Crippen molar-refractivity contribution < 1.29 is 19.1 Å². The molecule has 1 fully saturated rings. The number of para-hydroxylation sites is 1. The van der Waals surface area contributed by atoms with Crippen molar-refractivity contribution in [2.45, 2.75) is 13.3 Å². The molecule has 0 aliphatic carbocycles. The highest BCUT2D eigenvalue weighted by Crippen LogP contribution is 2.21. The molecule has 3 rings (SSSR count). The zero-order valence-electron chi connectivity index (χ0n) is 16.8. The van der Waals surface area contributed by atoms with E-state index in [9.17, 15) is 14.4 Å². The Morgan fingerprint density at radius 3 is 2.27 bits per heavy atom. The molecule has 30 heavy (non-hydrogen) atoms. The topological polar surface area (TPSA) is 79.0 Å². The molecule has 1 saturated heterocycles. The van der Waals surface area contributed by atoms with Crippen LogP contribution in [0.2, 0.25) is 0 Å². The molecule has 1 aliphatic rings. The van der Waals surface area contributed by atoms with Crippen LogP contribution in [-0.2, 0) is 9.59 Å². The lowest BCUT2D eigenvalue weighted by Crippen LogP contribution is -2.50. The summed E-state index contributed by atoms with van der Waals surface area (Å²) < 4.78 is 6.57. The van der Waals surface area contributed by atoms with E-state index >= 15 is 0 Å². The third kappa shape index (κ3) is 5.60. The first-order valence-electron chi connectivity index (χ1n) is 9.82.